The van der Waals surface area contributed by atoms with E-state index in [9.17, 15) is 18.3 Å². The second-order valence-electron chi connectivity index (χ2n) is 4.14. The molecule has 1 aliphatic carbocycles. The molecule has 0 radical (unpaired) electrons. The van der Waals surface area contributed by atoms with Gasteiger partial charge in [0.1, 0.15) is 0 Å². The first-order valence-corrected chi connectivity index (χ1v) is 4.85. The Morgan fingerprint density at radius 1 is 1.21 bits per heavy atom. The predicted octanol–water partition coefficient (Wildman–Crippen LogP) is 1.72. The first kappa shape index (κ1) is 10.2. The van der Waals surface area contributed by atoms with Gasteiger partial charge in [-0.2, -0.15) is 13.2 Å². The zero-order chi connectivity index (χ0) is 10.3. The van der Waals surface area contributed by atoms with Crippen molar-refractivity contribution in [1.82, 2.24) is 0 Å². The van der Waals surface area contributed by atoms with Gasteiger partial charge < -0.3 is 9.84 Å². The Morgan fingerprint density at radius 3 is 2.57 bits per heavy atom. The van der Waals surface area contributed by atoms with Crippen LogP contribution in [0.5, 0.6) is 0 Å². The number of hydrogen-bond acceptors (Lipinski definition) is 2. The fraction of sp³-hybridized carbons (Fsp3) is 1.00. The van der Waals surface area contributed by atoms with E-state index in [0.717, 1.165) is 0 Å². The molecule has 1 heterocycles. The van der Waals surface area contributed by atoms with Gasteiger partial charge in [0.05, 0.1) is 18.1 Å². The van der Waals surface area contributed by atoms with E-state index < -0.39 is 18.2 Å². The second-order valence-corrected chi connectivity index (χ2v) is 4.14. The minimum atomic E-state index is -4.20. The number of hydrogen-bond donors (Lipinski definition) is 1. The maximum absolute atomic E-state index is 12.4. The van der Waals surface area contributed by atoms with E-state index in [1.54, 1.807) is 0 Å². The summed E-state index contributed by atoms with van der Waals surface area (Å²) >= 11 is 0. The third-order valence-electron chi connectivity index (χ3n) is 3.26. The highest BCUT2D eigenvalue weighted by atomic mass is 19.4. The molecule has 1 saturated heterocycles. The molecule has 14 heavy (non-hydrogen) atoms. The molecule has 1 N–H and O–H groups in total. The van der Waals surface area contributed by atoms with Crippen LogP contribution < -0.4 is 0 Å². The van der Waals surface area contributed by atoms with Crippen LogP contribution in [-0.2, 0) is 4.74 Å². The van der Waals surface area contributed by atoms with Crippen LogP contribution in [0, 0.1) is 11.8 Å². The lowest BCUT2D eigenvalue weighted by atomic mass is 9.77. The highest BCUT2D eigenvalue weighted by Crippen LogP contribution is 2.43. The summed E-state index contributed by atoms with van der Waals surface area (Å²) in [5, 5.41) is 9.53. The minimum Gasteiger partial charge on any atom is -0.393 e. The summed E-state index contributed by atoms with van der Waals surface area (Å²) in [7, 11) is 0. The predicted molar refractivity (Wildman–Crippen MR) is 42.6 cm³/mol. The number of halogens is 3. The summed E-state index contributed by atoms with van der Waals surface area (Å²) in [5.41, 5.74) is 0. The van der Waals surface area contributed by atoms with Crippen molar-refractivity contribution >= 4 is 0 Å². The van der Waals surface area contributed by atoms with Crippen molar-refractivity contribution in [1.29, 1.82) is 0 Å². The molecule has 2 rings (SSSR count). The highest BCUT2D eigenvalue weighted by Gasteiger charge is 2.49. The summed E-state index contributed by atoms with van der Waals surface area (Å²) in [5.74, 6) is -1.47. The zero-order valence-corrected chi connectivity index (χ0v) is 7.63. The Bertz CT molecular complexity index is 217. The van der Waals surface area contributed by atoms with E-state index >= 15 is 0 Å². The van der Waals surface area contributed by atoms with E-state index in [-0.39, 0.29) is 24.9 Å². The maximum atomic E-state index is 12.4. The number of fused-ring (bicyclic) bond motifs is 1. The summed E-state index contributed by atoms with van der Waals surface area (Å²) in [4.78, 5) is 0. The van der Waals surface area contributed by atoms with Crippen LogP contribution in [0.25, 0.3) is 0 Å². The summed E-state index contributed by atoms with van der Waals surface area (Å²) in [6.07, 6.45) is -4.87. The maximum Gasteiger partial charge on any atom is 0.392 e. The van der Waals surface area contributed by atoms with Gasteiger partial charge in [-0.15, -0.1) is 0 Å². The molecule has 0 amide bonds. The summed E-state index contributed by atoms with van der Waals surface area (Å²) in [6, 6.07) is 0. The topological polar surface area (TPSA) is 29.5 Å². The van der Waals surface area contributed by atoms with Gasteiger partial charge in [-0.05, 0) is 19.3 Å². The highest BCUT2D eigenvalue weighted by molar-refractivity contribution is 4.92. The minimum absolute atomic E-state index is 0.0191. The molecule has 0 unspecified atom stereocenters. The molecule has 0 spiro atoms. The quantitative estimate of drug-likeness (QED) is 0.659. The van der Waals surface area contributed by atoms with Gasteiger partial charge in [0, 0.05) is 12.5 Å². The monoisotopic (exact) mass is 210 g/mol. The number of aliphatic hydroxyl groups is 1. The van der Waals surface area contributed by atoms with E-state index in [4.69, 9.17) is 4.74 Å². The van der Waals surface area contributed by atoms with E-state index in [0.29, 0.717) is 13.0 Å². The van der Waals surface area contributed by atoms with Gasteiger partial charge in [-0.25, -0.2) is 0 Å². The number of aliphatic hydroxyl groups excluding tert-OH is 1. The van der Waals surface area contributed by atoms with Crippen LogP contribution in [0.15, 0.2) is 0 Å². The van der Waals surface area contributed by atoms with Crippen LogP contribution in [0.2, 0.25) is 0 Å². The van der Waals surface area contributed by atoms with Crippen molar-refractivity contribution in [2.45, 2.75) is 37.6 Å². The standard InChI is InChI=1S/C9H13F3O2/c10-9(11,12)5-3-7(13)6-1-2-14-8(6)4-5/h5-8,13H,1-4H2/t5-,6+,7+,8-/m0/s1. The lowest BCUT2D eigenvalue weighted by molar-refractivity contribution is -0.203. The Labute approximate surface area is 80.1 Å². The molecule has 4 atom stereocenters. The van der Waals surface area contributed by atoms with Crippen molar-refractivity contribution in [3.05, 3.63) is 0 Å². The molecule has 1 saturated carbocycles. The number of alkyl halides is 3. The molecule has 1 aliphatic heterocycles. The zero-order valence-electron chi connectivity index (χ0n) is 7.63. The van der Waals surface area contributed by atoms with Crippen molar-refractivity contribution < 1.29 is 23.0 Å². The van der Waals surface area contributed by atoms with Crippen LogP contribution in [0.4, 0.5) is 13.2 Å². The van der Waals surface area contributed by atoms with E-state index in [2.05, 4.69) is 0 Å². The third kappa shape index (κ3) is 1.75. The number of ether oxygens (including phenoxy) is 1. The van der Waals surface area contributed by atoms with Gasteiger partial charge in [-0.3, -0.25) is 0 Å². The van der Waals surface area contributed by atoms with E-state index in [1.165, 1.54) is 0 Å². The second kappa shape index (κ2) is 3.38. The number of rotatable bonds is 0. The molecule has 2 aliphatic rings. The van der Waals surface area contributed by atoms with Gasteiger partial charge in [0.2, 0.25) is 0 Å². The van der Waals surface area contributed by atoms with Crippen molar-refractivity contribution in [3.63, 3.8) is 0 Å². The Balaban J connectivity index is 2.06. The van der Waals surface area contributed by atoms with Gasteiger partial charge in [0.25, 0.3) is 0 Å². The molecule has 0 aromatic rings. The molecular weight excluding hydrogens is 197 g/mol. The smallest absolute Gasteiger partial charge is 0.392 e. The molecule has 5 heteroatoms. The molecule has 0 bridgehead atoms. The summed E-state index contributed by atoms with van der Waals surface area (Å²) < 4.78 is 42.4. The Kier molecular flexibility index (Phi) is 2.47. The van der Waals surface area contributed by atoms with Crippen LogP contribution in [0.3, 0.4) is 0 Å². The van der Waals surface area contributed by atoms with Crippen molar-refractivity contribution in [2.75, 3.05) is 6.61 Å². The Hall–Kier alpha value is -0.290. The molecule has 0 aromatic carbocycles. The fourth-order valence-electron chi connectivity index (χ4n) is 2.46. The molecule has 0 aromatic heterocycles. The normalized spacial score (nSPS) is 43.7. The van der Waals surface area contributed by atoms with Crippen molar-refractivity contribution in [2.24, 2.45) is 11.8 Å². The largest absolute Gasteiger partial charge is 0.393 e. The molecule has 2 nitrogen and oxygen atoms in total. The van der Waals surface area contributed by atoms with Crippen LogP contribution in [-0.4, -0.2) is 30.1 Å². The average molecular weight is 210 g/mol. The summed E-state index contributed by atoms with van der Waals surface area (Å²) in [6.45, 7) is 0.483. The van der Waals surface area contributed by atoms with Crippen LogP contribution in [0.1, 0.15) is 19.3 Å². The SMILES string of the molecule is O[C@@H]1C[C@H](C(F)(F)F)C[C@@H]2OCC[C@H]12. The van der Waals surface area contributed by atoms with Gasteiger partial charge >= 0.3 is 6.18 Å². The lowest BCUT2D eigenvalue weighted by Crippen LogP contribution is -2.42. The first-order chi connectivity index (χ1) is 6.48. The molecule has 82 valence electrons. The van der Waals surface area contributed by atoms with Crippen LogP contribution >= 0.6 is 0 Å². The molecule has 2 fully saturated rings. The fourth-order valence-corrected chi connectivity index (χ4v) is 2.46. The van der Waals surface area contributed by atoms with Gasteiger partial charge in [-0.1, -0.05) is 0 Å². The average Bonchev–Trinajstić information content (AvgIpc) is 2.50. The first-order valence-electron chi connectivity index (χ1n) is 4.85. The third-order valence-corrected chi connectivity index (χ3v) is 3.26. The molecular formula is C9H13F3O2. The van der Waals surface area contributed by atoms with Gasteiger partial charge in [0.15, 0.2) is 0 Å². The lowest BCUT2D eigenvalue weighted by Gasteiger charge is -2.35. The van der Waals surface area contributed by atoms with Crippen molar-refractivity contribution in [3.8, 4) is 0 Å². The van der Waals surface area contributed by atoms with E-state index in [1.807, 2.05) is 0 Å². The Morgan fingerprint density at radius 2 is 1.93 bits per heavy atom.